The molecule has 0 fully saturated rings. The molecule has 0 bridgehead atoms. The lowest BCUT2D eigenvalue weighted by Gasteiger charge is -2.26. The normalized spacial score (nSPS) is 17.5. The van der Waals surface area contributed by atoms with Crippen molar-refractivity contribution in [1.82, 2.24) is 4.98 Å². The summed E-state index contributed by atoms with van der Waals surface area (Å²) in [5.74, 6) is -2.18. The Labute approximate surface area is 138 Å². The van der Waals surface area contributed by atoms with E-state index in [4.69, 9.17) is 0 Å². The number of benzene rings is 1. The SMILES string of the molecule is CCC(=O)C1=C(O)C(=O)N(c2cccc(F)c2)C1c1cccnc1. The zero-order valence-corrected chi connectivity index (χ0v) is 12.9. The van der Waals surface area contributed by atoms with E-state index in [2.05, 4.69) is 4.98 Å². The van der Waals surface area contributed by atoms with Crippen LogP contribution >= 0.6 is 0 Å². The van der Waals surface area contributed by atoms with Crippen LogP contribution in [0.2, 0.25) is 0 Å². The van der Waals surface area contributed by atoms with Gasteiger partial charge in [0.25, 0.3) is 5.91 Å². The molecule has 1 aromatic heterocycles. The number of rotatable bonds is 4. The molecule has 0 saturated heterocycles. The summed E-state index contributed by atoms with van der Waals surface area (Å²) >= 11 is 0. The summed E-state index contributed by atoms with van der Waals surface area (Å²) in [7, 11) is 0. The Kier molecular flexibility index (Phi) is 4.12. The van der Waals surface area contributed by atoms with Crippen LogP contribution in [0.25, 0.3) is 0 Å². The van der Waals surface area contributed by atoms with Crippen molar-refractivity contribution in [3.05, 3.63) is 71.5 Å². The van der Waals surface area contributed by atoms with Gasteiger partial charge >= 0.3 is 0 Å². The zero-order chi connectivity index (χ0) is 17.3. The van der Waals surface area contributed by atoms with Crippen LogP contribution in [0.15, 0.2) is 60.1 Å². The monoisotopic (exact) mass is 326 g/mol. The van der Waals surface area contributed by atoms with Gasteiger partial charge in [-0.3, -0.25) is 19.5 Å². The topological polar surface area (TPSA) is 70.5 Å². The summed E-state index contributed by atoms with van der Waals surface area (Å²) in [6.07, 6.45) is 3.23. The van der Waals surface area contributed by atoms with E-state index in [1.807, 2.05) is 0 Å². The first kappa shape index (κ1) is 15.9. The minimum Gasteiger partial charge on any atom is -0.503 e. The Morgan fingerprint density at radius 3 is 2.75 bits per heavy atom. The fourth-order valence-corrected chi connectivity index (χ4v) is 2.83. The van der Waals surface area contributed by atoms with Crippen LogP contribution in [0, 0.1) is 5.82 Å². The molecule has 0 aliphatic carbocycles. The quantitative estimate of drug-likeness (QED) is 0.937. The fourth-order valence-electron chi connectivity index (χ4n) is 2.83. The number of hydrogen-bond donors (Lipinski definition) is 1. The average Bonchev–Trinajstić information content (AvgIpc) is 2.86. The molecule has 1 atom stereocenters. The predicted molar refractivity (Wildman–Crippen MR) is 85.8 cm³/mol. The Balaban J connectivity index is 2.18. The van der Waals surface area contributed by atoms with Crippen molar-refractivity contribution in [2.45, 2.75) is 19.4 Å². The second-order valence-electron chi connectivity index (χ2n) is 5.38. The second kappa shape index (κ2) is 6.23. The van der Waals surface area contributed by atoms with Gasteiger partial charge in [0, 0.05) is 24.5 Å². The Hall–Kier alpha value is -3.02. The number of aliphatic hydroxyl groups is 1. The Morgan fingerprint density at radius 2 is 2.12 bits per heavy atom. The van der Waals surface area contributed by atoms with Crippen LogP contribution in [-0.2, 0) is 9.59 Å². The maximum atomic E-state index is 13.6. The summed E-state index contributed by atoms with van der Waals surface area (Å²) in [5.41, 5.74) is 0.843. The van der Waals surface area contributed by atoms with Crippen LogP contribution in [0.3, 0.4) is 0 Å². The Bertz CT molecular complexity index is 833. The maximum Gasteiger partial charge on any atom is 0.294 e. The number of ketones is 1. The van der Waals surface area contributed by atoms with Gasteiger partial charge in [0.1, 0.15) is 5.82 Å². The van der Waals surface area contributed by atoms with Crippen molar-refractivity contribution < 1.29 is 19.1 Å². The molecule has 1 amide bonds. The van der Waals surface area contributed by atoms with Crippen molar-refractivity contribution in [3.63, 3.8) is 0 Å². The minimum atomic E-state index is -0.833. The summed E-state index contributed by atoms with van der Waals surface area (Å²) < 4.78 is 13.6. The van der Waals surface area contributed by atoms with Crippen LogP contribution < -0.4 is 4.90 Å². The third-order valence-electron chi connectivity index (χ3n) is 3.92. The minimum absolute atomic E-state index is 0.0137. The number of anilines is 1. The molecule has 0 saturated carbocycles. The number of Topliss-reactive ketones (excluding diaryl/α,β-unsaturated/α-hetero) is 1. The van der Waals surface area contributed by atoms with E-state index in [9.17, 15) is 19.1 Å². The van der Waals surface area contributed by atoms with Crippen molar-refractivity contribution in [3.8, 4) is 0 Å². The second-order valence-corrected chi connectivity index (χ2v) is 5.38. The highest BCUT2D eigenvalue weighted by Gasteiger charge is 2.43. The first-order valence-corrected chi connectivity index (χ1v) is 7.50. The Morgan fingerprint density at radius 1 is 1.33 bits per heavy atom. The van der Waals surface area contributed by atoms with Gasteiger partial charge in [-0.15, -0.1) is 0 Å². The third kappa shape index (κ3) is 2.56. The highest BCUT2D eigenvalue weighted by atomic mass is 19.1. The molecule has 24 heavy (non-hydrogen) atoms. The number of aromatic nitrogens is 1. The van der Waals surface area contributed by atoms with Crippen LogP contribution in [0.1, 0.15) is 24.9 Å². The molecule has 6 heteroatoms. The van der Waals surface area contributed by atoms with Gasteiger partial charge in [0.2, 0.25) is 0 Å². The average molecular weight is 326 g/mol. The largest absolute Gasteiger partial charge is 0.503 e. The molecule has 2 aromatic rings. The molecular formula is C18H15FN2O3. The summed E-state index contributed by atoms with van der Waals surface area (Å²) in [6, 6.07) is 8.01. The molecule has 3 rings (SSSR count). The van der Waals surface area contributed by atoms with Gasteiger partial charge in [-0.1, -0.05) is 19.1 Å². The molecule has 5 nitrogen and oxygen atoms in total. The predicted octanol–water partition coefficient (Wildman–Crippen LogP) is 3.10. The number of nitrogens with zero attached hydrogens (tertiary/aromatic N) is 2. The zero-order valence-electron chi connectivity index (χ0n) is 12.9. The van der Waals surface area contributed by atoms with Crippen molar-refractivity contribution in [2.24, 2.45) is 0 Å². The fraction of sp³-hybridized carbons (Fsp3) is 0.167. The van der Waals surface area contributed by atoms with Gasteiger partial charge in [-0.2, -0.15) is 0 Å². The number of carbonyl (C=O) groups is 2. The highest BCUT2D eigenvalue weighted by Crippen LogP contribution is 2.41. The summed E-state index contributed by atoms with van der Waals surface area (Å²) in [5, 5.41) is 10.2. The number of pyridine rings is 1. The van der Waals surface area contributed by atoms with E-state index < -0.39 is 23.5 Å². The first-order valence-electron chi connectivity index (χ1n) is 7.50. The van der Waals surface area contributed by atoms with E-state index in [1.54, 1.807) is 31.3 Å². The molecule has 1 aromatic carbocycles. The van der Waals surface area contributed by atoms with Gasteiger partial charge in [0.05, 0.1) is 11.6 Å². The number of amides is 1. The van der Waals surface area contributed by atoms with E-state index in [0.717, 1.165) is 0 Å². The van der Waals surface area contributed by atoms with Crippen molar-refractivity contribution in [2.75, 3.05) is 4.90 Å². The number of halogens is 1. The molecule has 1 aliphatic rings. The first-order chi connectivity index (χ1) is 11.5. The molecule has 122 valence electrons. The lowest BCUT2D eigenvalue weighted by molar-refractivity contribution is -0.118. The van der Waals surface area contributed by atoms with Crippen LogP contribution in [-0.4, -0.2) is 21.8 Å². The van der Waals surface area contributed by atoms with Crippen LogP contribution in [0.5, 0.6) is 0 Å². The van der Waals surface area contributed by atoms with Gasteiger partial charge in [-0.05, 0) is 29.8 Å². The molecule has 0 radical (unpaired) electrons. The van der Waals surface area contributed by atoms with Gasteiger partial charge < -0.3 is 5.11 Å². The summed E-state index contributed by atoms with van der Waals surface area (Å²) in [4.78, 5) is 30.1. The van der Waals surface area contributed by atoms with E-state index >= 15 is 0 Å². The van der Waals surface area contributed by atoms with E-state index in [0.29, 0.717) is 5.56 Å². The maximum absolute atomic E-state index is 13.6. The standard InChI is InChI=1S/C18H15FN2O3/c1-2-14(22)15-16(11-5-4-8-20-10-11)21(18(24)17(15)23)13-7-3-6-12(19)9-13/h3-10,16,23H,2H2,1H3. The van der Waals surface area contributed by atoms with Crippen molar-refractivity contribution in [1.29, 1.82) is 0 Å². The molecular weight excluding hydrogens is 311 g/mol. The molecule has 1 unspecified atom stereocenters. The van der Waals surface area contributed by atoms with Gasteiger partial charge in [-0.25, -0.2) is 4.39 Å². The van der Waals surface area contributed by atoms with Gasteiger partial charge in [0.15, 0.2) is 11.5 Å². The number of hydrogen-bond acceptors (Lipinski definition) is 4. The van der Waals surface area contributed by atoms with E-state index in [1.165, 1.54) is 29.3 Å². The smallest absolute Gasteiger partial charge is 0.294 e. The lowest BCUT2D eigenvalue weighted by Crippen LogP contribution is -2.31. The molecule has 0 spiro atoms. The number of aliphatic hydroxyl groups excluding tert-OH is 1. The van der Waals surface area contributed by atoms with Crippen LogP contribution in [0.4, 0.5) is 10.1 Å². The molecule has 1 N–H and O–H groups in total. The molecule has 1 aliphatic heterocycles. The highest BCUT2D eigenvalue weighted by molar-refractivity contribution is 6.16. The third-order valence-corrected chi connectivity index (χ3v) is 3.92. The molecule has 2 heterocycles. The lowest BCUT2D eigenvalue weighted by atomic mass is 9.96. The number of carbonyl (C=O) groups excluding carboxylic acids is 2. The summed E-state index contributed by atoms with van der Waals surface area (Å²) in [6.45, 7) is 1.65. The van der Waals surface area contributed by atoms with E-state index in [-0.39, 0.29) is 23.5 Å². The van der Waals surface area contributed by atoms with Crippen molar-refractivity contribution >= 4 is 17.4 Å².